The zero-order valence-corrected chi connectivity index (χ0v) is 24.1. The third-order valence-electron chi connectivity index (χ3n) is 6.74. The minimum atomic E-state index is -0.617. The summed E-state index contributed by atoms with van der Waals surface area (Å²) in [7, 11) is 4.58. The van der Waals surface area contributed by atoms with Gasteiger partial charge in [-0.2, -0.15) is 10.1 Å². The smallest absolute Gasteiger partial charge is 0.255 e. The minimum Gasteiger partial charge on any atom is -0.495 e. The summed E-state index contributed by atoms with van der Waals surface area (Å²) in [5.41, 5.74) is 4.41. The Kier molecular flexibility index (Phi) is 8.02. The molecule has 1 atom stereocenters. The topological polar surface area (TPSA) is 109 Å². The molecule has 0 fully saturated rings. The van der Waals surface area contributed by atoms with Crippen LogP contribution < -0.4 is 29.6 Å². The highest BCUT2D eigenvalue weighted by molar-refractivity contribution is 6.32. The molecular formula is C30H30ClN5O5. The SMILES string of the molecule is COc1cc(NC(=O)C2=C(C)Nc3ncnn3[C@H]2c2ccc(OCc3cccc(C)c3)c(OC)c2)c(OC)cc1Cl. The van der Waals surface area contributed by atoms with E-state index in [1.165, 1.54) is 20.5 Å². The molecule has 2 N–H and O–H groups in total. The molecule has 0 saturated carbocycles. The Labute approximate surface area is 242 Å². The minimum absolute atomic E-state index is 0.360. The molecule has 1 aromatic heterocycles. The number of aryl methyl sites for hydroxylation is 1. The van der Waals surface area contributed by atoms with E-state index in [9.17, 15) is 4.79 Å². The van der Waals surface area contributed by atoms with Crippen molar-refractivity contribution < 1.29 is 23.7 Å². The zero-order chi connectivity index (χ0) is 29.1. The van der Waals surface area contributed by atoms with Crippen LogP contribution in [0.25, 0.3) is 0 Å². The molecule has 4 aromatic rings. The van der Waals surface area contributed by atoms with Crippen molar-refractivity contribution in [3.05, 3.63) is 93.9 Å². The van der Waals surface area contributed by atoms with Gasteiger partial charge in [0.15, 0.2) is 11.5 Å². The molecule has 0 radical (unpaired) electrons. The molecule has 5 rings (SSSR count). The lowest BCUT2D eigenvalue weighted by Gasteiger charge is -2.29. The fourth-order valence-corrected chi connectivity index (χ4v) is 5.01. The Morgan fingerprint density at radius 3 is 2.49 bits per heavy atom. The van der Waals surface area contributed by atoms with Crippen molar-refractivity contribution in [3.63, 3.8) is 0 Å². The van der Waals surface area contributed by atoms with Gasteiger partial charge in [0.2, 0.25) is 5.95 Å². The van der Waals surface area contributed by atoms with Crippen molar-refractivity contribution in [1.29, 1.82) is 0 Å². The van der Waals surface area contributed by atoms with E-state index in [2.05, 4.69) is 26.8 Å². The summed E-state index contributed by atoms with van der Waals surface area (Å²) in [6.07, 6.45) is 1.44. The average molecular weight is 576 g/mol. The van der Waals surface area contributed by atoms with Crippen LogP contribution in [0.4, 0.5) is 11.6 Å². The van der Waals surface area contributed by atoms with Crippen LogP contribution in [-0.4, -0.2) is 42.0 Å². The molecule has 0 aliphatic carbocycles. The van der Waals surface area contributed by atoms with Crippen molar-refractivity contribution >= 4 is 29.1 Å². The van der Waals surface area contributed by atoms with Gasteiger partial charge < -0.3 is 29.6 Å². The van der Waals surface area contributed by atoms with Crippen LogP contribution >= 0.6 is 11.6 Å². The van der Waals surface area contributed by atoms with Gasteiger partial charge in [-0.25, -0.2) is 4.68 Å². The monoisotopic (exact) mass is 575 g/mol. The first kappa shape index (κ1) is 27.9. The average Bonchev–Trinajstić information content (AvgIpc) is 3.44. The molecule has 1 amide bonds. The molecule has 212 valence electrons. The largest absolute Gasteiger partial charge is 0.495 e. The summed E-state index contributed by atoms with van der Waals surface area (Å²) in [4.78, 5) is 18.2. The quantitative estimate of drug-likeness (QED) is 0.259. The highest BCUT2D eigenvalue weighted by atomic mass is 35.5. The molecule has 10 nitrogen and oxygen atoms in total. The number of amides is 1. The summed E-state index contributed by atoms with van der Waals surface area (Å²) in [6, 6.07) is 16.3. The van der Waals surface area contributed by atoms with E-state index >= 15 is 0 Å². The number of fused-ring (bicyclic) bond motifs is 1. The molecule has 0 unspecified atom stereocenters. The van der Waals surface area contributed by atoms with E-state index in [0.29, 0.717) is 57.5 Å². The number of methoxy groups -OCH3 is 3. The fraction of sp³-hybridized carbons (Fsp3) is 0.233. The van der Waals surface area contributed by atoms with Gasteiger partial charge in [-0.15, -0.1) is 0 Å². The van der Waals surface area contributed by atoms with Crippen LogP contribution in [0, 0.1) is 6.92 Å². The number of hydrogen-bond acceptors (Lipinski definition) is 8. The van der Waals surface area contributed by atoms with Crippen LogP contribution in [0.1, 0.15) is 29.7 Å². The zero-order valence-electron chi connectivity index (χ0n) is 23.3. The third kappa shape index (κ3) is 5.64. The Balaban J connectivity index is 1.49. The van der Waals surface area contributed by atoms with Gasteiger partial charge >= 0.3 is 0 Å². The number of allylic oxidation sites excluding steroid dienone is 1. The molecule has 1 aliphatic heterocycles. The van der Waals surface area contributed by atoms with Crippen molar-refractivity contribution in [3.8, 4) is 23.0 Å². The number of carbonyl (C=O) groups is 1. The summed E-state index contributed by atoms with van der Waals surface area (Å²) in [5, 5.41) is 10.9. The first-order chi connectivity index (χ1) is 19.8. The normalized spacial score (nSPS) is 14.1. The number of nitrogens with one attached hydrogen (secondary N) is 2. The van der Waals surface area contributed by atoms with Gasteiger partial charge in [0.05, 0.1) is 37.6 Å². The van der Waals surface area contributed by atoms with E-state index in [1.807, 2.05) is 50.2 Å². The maximum atomic E-state index is 13.9. The molecule has 3 aromatic carbocycles. The van der Waals surface area contributed by atoms with Gasteiger partial charge in [0.25, 0.3) is 5.91 Å². The summed E-state index contributed by atoms with van der Waals surface area (Å²) < 4.78 is 24.2. The van der Waals surface area contributed by atoms with Crippen LogP contribution in [-0.2, 0) is 11.4 Å². The number of carbonyl (C=O) groups excluding carboxylic acids is 1. The number of benzene rings is 3. The standard InChI is InChI=1S/C30H30ClN5O5/c1-17-7-6-8-19(11-17)15-41-23-10-9-20(12-26(23)40-5)28-27(18(2)34-30-32-16-33-36(28)30)29(37)35-22-14-24(38-3)21(31)13-25(22)39-4/h6-14,16,28H,15H2,1-5H3,(H,35,37)(H,32,33,34)/t28-/m0/s1. The maximum Gasteiger partial charge on any atom is 0.255 e. The van der Waals surface area contributed by atoms with Gasteiger partial charge in [0, 0.05) is 17.8 Å². The highest BCUT2D eigenvalue weighted by Crippen LogP contribution is 2.41. The molecule has 0 spiro atoms. The second kappa shape index (κ2) is 11.8. The first-order valence-electron chi connectivity index (χ1n) is 12.8. The molecule has 41 heavy (non-hydrogen) atoms. The van der Waals surface area contributed by atoms with E-state index in [-0.39, 0.29) is 5.91 Å². The Morgan fingerprint density at radius 1 is 0.976 bits per heavy atom. The molecule has 0 saturated heterocycles. The first-order valence-corrected chi connectivity index (χ1v) is 13.2. The van der Waals surface area contributed by atoms with E-state index < -0.39 is 6.04 Å². The van der Waals surface area contributed by atoms with Gasteiger partial charge in [-0.3, -0.25) is 4.79 Å². The van der Waals surface area contributed by atoms with Crippen LogP contribution in [0.2, 0.25) is 5.02 Å². The van der Waals surface area contributed by atoms with Crippen molar-refractivity contribution in [2.24, 2.45) is 0 Å². The number of ether oxygens (including phenoxy) is 4. The van der Waals surface area contributed by atoms with Crippen LogP contribution in [0.15, 0.2) is 72.2 Å². The third-order valence-corrected chi connectivity index (χ3v) is 7.04. The Hall–Kier alpha value is -4.70. The number of anilines is 2. The van der Waals surface area contributed by atoms with E-state index in [4.69, 9.17) is 30.5 Å². The molecule has 2 heterocycles. The predicted molar refractivity (Wildman–Crippen MR) is 156 cm³/mol. The van der Waals surface area contributed by atoms with Crippen molar-refractivity contribution in [1.82, 2.24) is 14.8 Å². The number of aromatic nitrogens is 3. The van der Waals surface area contributed by atoms with Gasteiger partial charge in [0.1, 0.15) is 30.5 Å². The maximum absolute atomic E-state index is 13.9. The highest BCUT2D eigenvalue weighted by Gasteiger charge is 2.34. The molecule has 11 heteroatoms. The second-order valence-electron chi connectivity index (χ2n) is 9.42. The molecular weight excluding hydrogens is 546 g/mol. The lowest BCUT2D eigenvalue weighted by atomic mass is 9.94. The number of nitrogens with zero attached hydrogens (tertiary/aromatic N) is 3. The number of halogens is 1. The van der Waals surface area contributed by atoms with Gasteiger partial charge in [-0.1, -0.05) is 47.5 Å². The van der Waals surface area contributed by atoms with Gasteiger partial charge in [-0.05, 0) is 37.1 Å². The van der Waals surface area contributed by atoms with Crippen LogP contribution in [0.5, 0.6) is 23.0 Å². The summed E-state index contributed by atoms with van der Waals surface area (Å²) >= 11 is 6.26. The fourth-order valence-electron chi connectivity index (χ4n) is 4.78. The lowest BCUT2D eigenvalue weighted by Crippen LogP contribution is -2.31. The van der Waals surface area contributed by atoms with Crippen LogP contribution in [0.3, 0.4) is 0 Å². The lowest BCUT2D eigenvalue weighted by molar-refractivity contribution is -0.113. The van der Waals surface area contributed by atoms with Crippen molar-refractivity contribution in [2.75, 3.05) is 32.0 Å². The number of hydrogen-bond donors (Lipinski definition) is 2. The van der Waals surface area contributed by atoms with Crippen molar-refractivity contribution in [2.45, 2.75) is 26.5 Å². The predicted octanol–water partition coefficient (Wildman–Crippen LogP) is 5.77. The summed E-state index contributed by atoms with van der Waals surface area (Å²) in [5.74, 6) is 2.03. The molecule has 0 bridgehead atoms. The van der Waals surface area contributed by atoms with E-state index in [0.717, 1.165) is 16.7 Å². The summed E-state index contributed by atoms with van der Waals surface area (Å²) in [6.45, 7) is 4.24. The second-order valence-corrected chi connectivity index (χ2v) is 9.83. The Bertz CT molecular complexity index is 1630. The number of rotatable bonds is 9. The van der Waals surface area contributed by atoms with E-state index in [1.54, 1.807) is 23.9 Å². The molecule has 1 aliphatic rings. The Morgan fingerprint density at radius 2 is 1.76 bits per heavy atom.